The maximum atomic E-state index is 12.4. The number of rotatable bonds is 0. The van der Waals surface area contributed by atoms with Gasteiger partial charge in [0.1, 0.15) is 0 Å². The van der Waals surface area contributed by atoms with Crippen LogP contribution in [0.5, 0.6) is 0 Å². The van der Waals surface area contributed by atoms with Crippen LogP contribution in [0.15, 0.2) is 18.2 Å². The van der Waals surface area contributed by atoms with Gasteiger partial charge in [0, 0.05) is 24.2 Å². The monoisotopic (exact) mass is 229 g/mol. The lowest BCUT2D eigenvalue weighted by molar-refractivity contribution is -0.137. The third kappa shape index (κ3) is 2.03. The van der Waals surface area contributed by atoms with Crippen molar-refractivity contribution in [3.63, 3.8) is 0 Å². The van der Waals surface area contributed by atoms with E-state index >= 15 is 0 Å². The summed E-state index contributed by atoms with van der Waals surface area (Å²) in [5.74, 6) is -0.103. The third-order valence-electron chi connectivity index (χ3n) is 2.54. The van der Waals surface area contributed by atoms with E-state index in [-0.39, 0.29) is 11.5 Å². The standard InChI is InChI=1S/C11H10F3NO/c12-11(13,14)7-3-4-8-9(6-7)15-5-1-2-10(8)16/h3-4,6,15H,1-2,5H2. The Morgan fingerprint density at radius 3 is 2.69 bits per heavy atom. The van der Waals surface area contributed by atoms with Crippen LogP contribution in [-0.4, -0.2) is 12.3 Å². The van der Waals surface area contributed by atoms with Gasteiger partial charge < -0.3 is 5.32 Å². The van der Waals surface area contributed by atoms with Crippen LogP contribution in [0.2, 0.25) is 0 Å². The molecule has 0 saturated carbocycles. The van der Waals surface area contributed by atoms with Crippen molar-refractivity contribution in [3.8, 4) is 0 Å². The number of hydrogen-bond donors (Lipinski definition) is 1. The number of anilines is 1. The lowest BCUT2D eigenvalue weighted by atomic mass is 10.0. The normalized spacial score (nSPS) is 16.3. The molecular weight excluding hydrogens is 219 g/mol. The Balaban J connectivity index is 2.45. The van der Waals surface area contributed by atoms with Gasteiger partial charge in [-0.05, 0) is 24.6 Å². The van der Waals surface area contributed by atoms with Gasteiger partial charge >= 0.3 is 6.18 Å². The predicted octanol–water partition coefficient (Wildman–Crippen LogP) is 3.09. The fourth-order valence-corrected chi connectivity index (χ4v) is 1.72. The number of carbonyl (C=O) groups is 1. The van der Waals surface area contributed by atoms with E-state index in [2.05, 4.69) is 5.32 Å². The molecule has 1 N–H and O–H groups in total. The minimum absolute atomic E-state index is 0.103. The van der Waals surface area contributed by atoms with Crippen LogP contribution < -0.4 is 5.32 Å². The molecule has 16 heavy (non-hydrogen) atoms. The molecule has 0 atom stereocenters. The number of fused-ring (bicyclic) bond motifs is 1. The van der Waals surface area contributed by atoms with E-state index in [1.807, 2.05) is 0 Å². The lowest BCUT2D eigenvalue weighted by Crippen LogP contribution is -2.08. The molecule has 0 saturated heterocycles. The SMILES string of the molecule is O=C1CCCNc2cc(C(F)(F)F)ccc21. The van der Waals surface area contributed by atoms with Crippen LogP contribution in [0.25, 0.3) is 0 Å². The first kappa shape index (κ1) is 11.0. The van der Waals surface area contributed by atoms with Crippen molar-refractivity contribution in [2.24, 2.45) is 0 Å². The molecule has 1 aliphatic rings. The van der Waals surface area contributed by atoms with E-state index in [0.717, 1.165) is 12.1 Å². The maximum Gasteiger partial charge on any atom is 0.416 e. The molecule has 0 fully saturated rings. The first-order chi connectivity index (χ1) is 7.48. The zero-order chi connectivity index (χ0) is 11.8. The Morgan fingerprint density at radius 1 is 1.25 bits per heavy atom. The minimum atomic E-state index is -4.37. The van der Waals surface area contributed by atoms with Gasteiger partial charge in [-0.2, -0.15) is 13.2 Å². The molecule has 1 aliphatic heterocycles. The molecule has 5 heteroatoms. The molecule has 1 heterocycles. The van der Waals surface area contributed by atoms with Gasteiger partial charge in [0.2, 0.25) is 0 Å². The van der Waals surface area contributed by atoms with Crippen LogP contribution in [0.3, 0.4) is 0 Å². The number of Topliss-reactive ketones (excluding diaryl/α,β-unsaturated/α-hetero) is 1. The van der Waals surface area contributed by atoms with Crippen LogP contribution in [-0.2, 0) is 6.18 Å². The van der Waals surface area contributed by atoms with Gasteiger partial charge in [0.25, 0.3) is 0 Å². The van der Waals surface area contributed by atoms with Crippen LogP contribution >= 0.6 is 0 Å². The van der Waals surface area contributed by atoms with Crippen molar-refractivity contribution < 1.29 is 18.0 Å². The summed E-state index contributed by atoms with van der Waals surface area (Å²) in [5.41, 5.74) is -0.0868. The fourth-order valence-electron chi connectivity index (χ4n) is 1.72. The van der Waals surface area contributed by atoms with Crippen molar-refractivity contribution in [1.82, 2.24) is 0 Å². The smallest absolute Gasteiger partial charge is 0.384 e. The summed E-state index contributed by atoms with van der Waals surface area (Å²) >= 11 is 0. The summed E-state index contributed by atoms with van der Waals surface area (Å²) in [6.07, 6.45) is -3.34. The first-order valence-corrected chi connectivity index (χ1v) is 4.97. The predicted molar refractivity (Wildman–Crippen MR) is 53.5 cm³/mol. The number of nitrogens with one attached hydrogen (secondary N) is 1. The number of alkyl halides is 3. The molecule has 0 aromatic heterocycles. The van der Waals surface area contributed by atoms with Crippen molar-refractivity contribution >= 4 is 11.5 Å². The third-order valence-corrected chi connectivity index (χ3v) is 2.54. The maximum absolute atomic E-state index is 12.4. The fraction of sp³-hybridized carbons (Fsp3) is 0.364. The van der Waals surface area contributed by atoms with Crippen LogP contribution in [0.4, 0.5) is 18.9 Å². The highest BCUT2D eigenvalue weighted by Crippen LogP contribution is 2.33. The molecule has 0 aliphatic carbocycles. The molecule has 1 aromatic carbocycles. The molecule has 0 unspecified atom stereocenters. The molecule has 0 bridgehead atoms. The summed E-state index contributed by atoms with van der Waals surface area (Å²) in [5, 5.41) is 2.85. The van der Waals surface area contributed by atoms with Gasteiger partial charge in [-0.3, -0.25) is 4.79 Å². The zero-order valence-corrected chi connectivity index (χ0v) is 8.40. The second-order valence-electron chi connectivity index (χ2n) is 3.71. The minimum Gasteiger partial charge on any atom is -0.384 e. The molecule has 2 rings (SSSR count). The van der Waals surface area contributed by atoms with Crippen molar-refractivity contribution in [2.75, 3.05) is 11.9 Å². The number of halogens is 3. The van der Waals surface area contributed by atoms with Gasteiger partial charge in [-0.1, -0.05) is 0 Å². The highest BCUT2D eigenvalue weighted by molar-refractivity contribution is 6.01. The first-order valence-electron chi connectivity index (χ1n) is 4.97. The van der Waals surface area contributed by atoms with Crippen molar-refractivity contribution in [2.45, 2.75) is 19.0 Å². The van der Waals surface area contributed by atoms with E-state index in [1.165, 1.54) is 6.07 Å². The van der Waals surface area contributed by atoms with E-state index in [9.17, 15) is 18.0 Å². The second-order valence-corrected chi connectivity index (χ2v) is 3.71. The second kappa shape index (κ2) is 3.81. The molecule has 2 nitrogen and oxygen atoms in total. The Kier molecular flexibility index (Phi) is 2.61. The lowest BCUT2D eigenvalue weighted by Gasteiger charge is -2.11. The highest BCUT2D eigenvalue weighted by atomic mass is 19.4. The molecule has 0 spiro atoms. The van der Waals surface area contributed by atoms with Crippen LogP contribution in [0.1, 0.15) is 28.8 Å². The summed E-state index contributed by atoms with van der Waals surface area (Å²) in [7, 11) is 0. The highest BCUT2D eigenvalue weighted by Gasteiger charge is 2.31. The Labute approximate surface area is 90.5 Å². The van der Waals surface area contributed by atoms with Gasteiger partial charge in [0.15, 0.2) is 5.78 Å². The molecular formula is C11H10F3NO. The topological polar surface area (TPSA) is 29.1 Å². The van der Waals surface area contributed by atoms with Gasteiger partial charge in [-0.15, -0.1) is 0 Å². The zero-order valence-electron chi connectivity index (χ0n) is 8.40. The largest absolute Gasteiger partial charge is 0.416 e. The number of hydrogen-bond acceptors (Lipinski definition) is 2. The molecule has 0 radical (unpaired) electrons. The average Bonchev–Trinajstić information content (AvgIpc) is 2.39. The Bertz CT molecular complexity index is 426. The summed E-state index contributed by atoms with van der Waals surface area (Å²) in [6.45, 7) is 0.528. The Morgan fingerprint density at radius 2 is 2.00 bits per heavy atom. The number of carbonyl (C=O) groups excluding carboxylic acids is 1. The van der Waals surface area contributed by atoms with E-state index in [1.54, 1.807) is 0 Å². The molecule has 1 aromatic rings. The number of benzene rings is 1. The van der Waals surface area contributed by atoms with Gasteiger partial charge in [0.05, 0.1) is 5.56 Å². The molecule has 86 valence electrons. The molecule has 0 amide bonds. The van der Waals surface area contributed by atoms with E-state index < -0.39 is 11.7 Å². The Hall–Kier alpha value is -1.52. The summed E-state index contributed by atoms with van der Waals surface area (Å²) < 4.78 is 37.3. The van der Waals surface area contributed by atoms with Crippen molar-refractivity contribution in [1.29, 1.82) is 0 Å². The quantitative estimate of drug-likeness (QED) is 0.740. The summed E-state index contributed by atoms with van der Waals surface area (Å²) in [4.78, 5) is 11.5. The van der Waals surface area contributed by atoms with Crippen molar-refractivity contribution in [3.05, 3.63) is 29.3 Å². The van der Waals surface area contributed by atoms with Gasteiger partial charge in [-0.25, -0.2) is 0 Å². The summed E-state index contributed by atoms with van der Waals surface area (Å²) in [6, 6.07) is 3.20. The number of ketones is 1. The average molecular weight is 229 g/mol. The van der Waals surface area contributed by atoms with E-state index in [0.29, 0.717) is 24.9 Å². The van der Waals surface area contributed by atoms with E-state index in [4.69, 9.17) is 0 Å². The van der Waals surface area contributed by atoms with Crippen LogP contribution in [0, 0.1) is 0 Å².